The SMILES string of the molecule is CCCCCCCCCCCCOC(=O)COCC(=O)OC[C@H]1O[C@@H](n2ccc(N)nc2=O)[C@@H](O)[C@@H]1O. The Morgan fingerprint density at radius 1 is 0.973 bits per heavy atom. The van der Waals surface area contributed by atoms with Gasteiger partial charge in [-0.3, -0.25) is 4.57 Å². The number of nitrogen functional groups attached to an aromatic ring is 1. The number of anilines is 1. The van der Waals surface area contributed by atoms with E-state index in [2.05, 4.69) is 11.9 Å². The molecule has 12 heteroatoms. The van der Waals surface area contributed by atoms with Gasteiger partial charge >= 0.3 is 17.6 Å². The van der Waals surface area contributed by atoms with Crippen LogP contribution in [0.3, 0.4) is 0 Å². The average molecular weight is 528 g/mol. The molecule has 0 amide bonds. The molecule has 2 rings (SSSR count). The van der Waals surface area contributed by atoms with Gasteiger partial charge in [0.2, 0.25) is 0 Å². The molecule has 1 aromatic rings. The number of aliphatic hydroxyl groups excluding tert-OH is 2. The van der Waals surface area contributed by atoms with E-state index in [-0.39, 0.29) is 12.4 Å². The van der Waals surface area contributed by atoms with Crippen LogP contribution in [0.4, 0.5) is 5.82 Å². The third-order valence-electron chi connectivity index (χ3n) is 6.07. The Kier molecular flexibility index (Phi) is 14.1. The molecule has 0 aromatic carbocycles. The van der Waals surface area contributed by atoms with E-state index in [1.54, 1.807) is 0 Å². The van der Waals surface area contributed by atoms with Crippen LogP contribution in [0.2, 0.25) is 0 Å². The summed E-state index contributed by atoms with van der Waals surface area (Å²) in [7, 11) is 0. The van der Waals surface area contributed by atoms with Crippen molar-refractivity contribution in [2.45, 2.75) is 95.7 Å². The topological polar surface area (TPSA) is 172 Å². The van der Waals surface area contributed by atoms with Crippen LogP contribution in [-0.2, 0) is 28.5 Å². The number of hydrogen-bond acceptors (Lipinski definition) is 11. The van der Waals surface area contributed by atoms with Crippen LogP contribution in [0.15, 0.2) is 17.1 Å². The molecular weight excluding hydrogens is 486 g/mol. The van der Waals surface area contributed by atoms with Crippen molar-refractivity contribution >= 4 is 17.8 Å². The van der Waals surface area contributed by atoms with Gasteiger partial charge in [0.05, 0.1) is 6.61 Å². The van der Waals surface area contributed by atoms with Crippen molar-refractivity contribution in [1.82, 2.24) is 9.55 Å². The van der Waals surface area contributed by atoms with Crippen LogP contribution in [0.1, 0.15) is 77.4 Å². The highest BCUT2D eigenvalue weighted by Gasteiger charge is 2.44. The summed E-state index contributed by atoms with van der Waals surface area (Å²) < 4.78 is 21.6. The second-order valence-corrected chi connectivity index (χ2v) is 9.17. The summed E-state index contributed by atoms with van der Waals surface area (Å²) in [6.07, 6.45) is 7.97. The zero-order valence-corrected chi connectivity index (χ0v) is 21.6. The Balaban J connectivity index is 1.52. The van der Waals surface area contributed by atoms with E-state index < -0.39 is 55.4 Å². The van der Waals surface area contributed by atoms with Gasteiger partial charge in [-0.15, -0.1) is 0 Å². The Labute approximate surface area is 217 Å². The fourth-order valence-electron chi connectivity index (χ4n) is 3.97. The van der Waals surface area contributed by atoms with Crippen LogP contribution < -0.4 is 11.4 Å². The number of aromatic nitrogens is 2. The number of carbonyl (C=O) groups is 2. The first-order valence-corrected chi connectivity index (χ1v) is 13.1. The highest BCUT2D eigenvalue weighted by Crippen LogP contribution is 2.28. The van der Waals surface area contributed by atoms with E-state index in [1.165, 1.54) is 57.2 Å². The number of aliphatic hydroxyl groups is 2. The largest absolute Gasteiger partial charge is 0.464 e. The highest BCUT2D eigenvalue weighted by atomic mass is 16.6. The maximum Gasteiger partial charge on any atom is 0.351 e. The first-order chi connectivity index (χ1) is 17.8. The molecule has 0 radical (unpaired) electrons. The molecule has 1 aliphatic rings. The summed E-state index contributed by atoms with van der Waals surface area (Å²) in [4.78, 5) is 39.1. The Morgan fingerprint density at radius 3 is 2.19 bits per heavy atom. The van der Waals surface area contributed by atoms with Crippen LogP contribution in [0.25, 0.3) is 0 Å². The molecule has 1 fully saturated rings. The number of esters is 2. The van der Waals surface area contributed by atoms with E-state index in [0.717, 1.165) is 23.8 Å². The van der Waals surface area contributed by atoms with Gasteiger partial charge in [0, 0.05) is 6.20 Å². The number of carbonyl (C=O) groups excluding carboxylic acids is 2. The van der Waals surface area contributed by atoms with Crippen LogP contribution in [-0.4, -0.2) is 76.4 Å². The molecule has 210 valence electrons. The lowest BCUT2D eigenvalue weighted by Crippen LogP contribution is -2.36. The normalized spacial score (nSPS) is 21.2. The van der Waals surface area contributed by atoms with E-state index in [4.69, 9.17) is 24.7 Å². The number of nitrogens with two attached hydrogens (primary N) is 1. The van der Waals surface area contributed by atoms with Gasteiger partial charge in [0.25, 0.3) is 0 Å². The lowest BCUT2D eigenvalue weighted by molar-refractivity contribution is -0.159. The van der Waals surface area contributed by atoms with Crippen molar-refractivity contribution in [3.8, 4) is 0 Å². The summed E-state index contributed by atoms with van der Waals surface area (Å²) in [6, 6.07) is 1.34. The summed E-state index contributed by atoms with van der Waals surface area (Å²) in [6.45, 7) is 1.25. The Morgan fingerprint density at radius 2 is 1.57 bits per heavy atom. The average Bonchev–Trinajstić information content (AvgIpc) is 3.14. The van der Waals surface area contributed by atoms with Crippen molar-refractivity contribution in [3.63, 3.8) is 0 Å². The van der Waals surface area contributed by atoms with Gasteiger partial charge in [0.15, 0.2) is 6.23 Å². The van der Waals surface area contributed by atoms with Crippen LogP contribution in [0, 0.1) is 0 Å². The molecule has 0 unspecified atom stereocenters. The number of unbranched alkanes of at least 4 members (excludes halogenated alkanes) is 9. The molecule has 2 heterocycles. The van der Waals surface area contributed by atoms with Gasteiger partial charge in [-0.05, 0) is 12.5 Å². The van der Waals surface area contributed by atoms with Crippen LogP contribution >= 0.6 is 0 Å². The van der Waals surface area contributed by atoms with Crippen LogP contribution in [0.5, 0.6) is 0 Å². The summed E-state index contributed by atoms with van der Waals surface area (Å²) >= 11 is 0. The molecule has 37 heavy (non-hydrogen) atoms. The van der Waals surface area contributed by atoms with E-state index >= 15 is 0 Å². The predicted octanol–water partition coefficient (Wildman–Crippen LogP) is 1.47. The first-order valence-electron chi connectivity index (χ1n) is 13.1. The van der Waals surface area contributed by atoms with Gasteiger partial charge in [-0.25, -0.2) is 14.4 Å². The minimum atomic E-state index is -1.45. The quantitative estimate of drug-likeness (QED) is 0.186. The number of ether oxygens (including phenoxy) is 4. The van der Waals surface area contributed by atoms with Crippen molar-refractivity contribution in [3.05, 3.63) is 22.7 Å². The second kappa shape index (κ2) is 17.1. The second-order valence-electron chi connectivity index (χ2n) is 9.17. The molecule has 1 aliphatic heterocycles. The molecule has 12 nitrogen and oxygen atoms in total. The monoisotopic (exact) mass is 527 g/mol. The smallest absolute Gasteiger partial charge is 0.351 e. The van der Waals surface area contributed by atoms with Crippen molar-refractivity contribution in [2.24, 2.45) is 0 Å². The summed E-state index contributed by atoms with van der Waals surface area (Å²) in [5.41, 5.74) is 4.68. The Bertz CT molecular complexity index is 879. The van der Waals surface area contributed by atoms with Gasteiger partial charge < -0.3 is 34.9 Å². The zero-order chi connectivity index (χ0) is 27.0. The molecule has 0 bridgehead atoms. The van der Waals surface area contributed by atoms with Gasteiger partial charge in [0.1, 0.15) is 44.0 Å². The maximum absolute atomic E-state index is 12.0. The summed E-state index contributed by atoms with van der Waals surface area (Å²) in [5.74, 6) is -1.35. The predicted molar refractivity (Wildman–Crippen MR) is 133 cm³/mol. The van der Waals surface area contributed by atoms with E-state index in [0.29, 0.717) is 6.61 Å². The summed E-state index contributed by atoms with van der Waals surface area (Å²) in [5, 5.41) is 20.4. The van der Waals surface area contributed by atoms with E-state index in [9.17, 15) is 24.6 Å². The number of hydrogen-bond donors (Lipinski definition) is 3. The lowest BCUT2D eigenvalue weighted by Gasteiger charge is -2.16. The fraction of sp³-hybridized carbons (Fsp3) is 0.760. The molecule has 1 saturated heterocycles. The maximum atomic E-state index is 12.0. The molecule has 0 saturated carbocycles. The minimum absolute atomic E-state index is 0.00227. The van der Waals surface area contributed by atoms with Gasteiger partial charge in [-0.2, -0.15) is 4.98 Å². The molecule has 0 spiro atoms. The standard InChI is InChI=1S/C25H41N3O9/c1-2-3-4-5-6-7-8-9-10-11-14-35-20(29)16-34-17-21(30)36-15-18-22(31)23(32)24(37-18)28-13-12-19(26)27-25(28)33/h12-13,18,22-24,31-32H,2-11,14-17H2,1H3,(H2,26,27,33)/t18-,22-,23+,24-/m1/s1. The van der Waals surface area contributed by atoms with Crippen molar-refractivity contribution < 1.29 is 38.7 Å². The first kappa shape index (κ1) is 30.7. The van der Waals surface area contributed by atoms with Gasteiger partial charge in [-0.1, -0.05) is 64.7 Å². The van der Waals surface area contributed by atoms with E-state index in [1.807, 2.05) is 0 Å². The minimum Gasteiger partial charge on any atom is -0.464 e. The lowest BCUT2D eigenvalue weighted by atomic mass is 10.1. The van der Waals surface area contributed by atoms with Crippen molar-refractivity contribution in [1.29, 1.82) is 0 Å². The Hall–Kier alpha value is -2.54. The number of nitrogens with zero attached hydrogens (tertiary/aromatic N) is 2. The molecule has 4 N–H and O–H groups in total. The van der Waals surface area contributed by atoms with Crippen molar-refractivity contribution in [2.75, 3.05) is 32.2 Å². The zero-order valence-electron chi connectivity index (χ0n) is 21.6. The molecular formula is C25H41N3O9. The number of rotatable bonds is 18. The molecule has 4 atom stereocenters. The molecule has 1 aromatic heterocycles. The highest BCUT2D eigenvalue weighted by molar-refractivity contribution is 5.73. The fourth-order valence-corrected chi connectivity index (χ4v) is 3.97. The molecule has 0 aliphatic carbocycles. The third kappa shape index (κ3) is 11.2. The third-order valence-corrected chi connectivity index (χ3v) is 6.07.